The Morgan fingerprint density at radius 1 is 0.316 bits per heavy atom. The molecule has 9 aromatic carbocycles. The average molecular weight is 727 g/mol. The highest BCUT2D eigenvalue weighted by Crippen LogP contribution is 2.43. The van der Waals surface area contributed by atoms with E-state index in [4.69, 9.17) is 4.42 Å². The van der Waals surface area contributed by atoms with Crippen LogP contribution in [0, 0.1) is 0 Å². The Hall–Kier alpha value is -7.62. The summed E-state index contributed by atoms with van der Waals surface area (Å²) in [5, 5.41) is 7.16. The molecule has 3 aromatic heterocycles. The van der Waals surface area contributed by atoms with Gasteiger partial charge >= 0.3 is 0 Å². The molecule has 266 valence electrons. The van der Waals surface area contributed by atoms with E-state index in [9.17, 15) is 0 Å². The quantitative estimate of drug-likeness (QED) is 0.173. The van der Waals surface area contributed by atoms with E-state index in [-0.39, 0.29) is 0 Å². The second-order valence-corrected chi connectivity index (χ2v) is 14.9. The lowest BCUT2D eigenvalue weighted by molar-refractivity contribution is 0.670. The first-order valence-electron chi connectivity index (χ1n) is 19.5. The Balaban J connectivity index is 1.03. The van der Waals surface area contributed by atoms with Crippen molar-refractivity contribution < 1.29 is 4.42 Å². The molecule has 3 heterocycles. The van der Waals surface area contributed by atoms with Crippen LogP contribution in [0.5, 0.6) is 0 Å². The van der Waals surface area contributed by atoms with E-state index in [0.29, 0.717) is 0 Å². The molecule has 0 unspecified atom stereocenters. The number of aromatic nitrogens is 2. The Kier molecular flexibility index (Phi) is 6.93. The minimum Gasteiger partial charge on any atom is -0.455 e. The van der Waals surface area contributed by atoms with Gasteiger partial charge in [0.15, 0.2) is 0 Å². The number of nitrogens with zero attached hydrogens (tertiary/aromatic N) is 2. The van der Waals surface area contributed by atoms with Gasteiger partial charge < -0.3 is 13.6 Å². The number of hydrogen-bond acceptors (Lipinski definition) is 1. The van der Waals surface area contributed by atoms with Gasteiger partial charge in [-0.05, 0) is 94.5 Å². The van der Waals surface area contributed by atoms with Crippen LogP contribution in [0.3, 0.4) is 0 Å². The first kappa shape index (κ1) is 31.7. The van der Waals surface area contributed by atoms with E-state index in [2.05, 4.69) is 209 Å². The lowest BCUT2D eigenvalue weighted by atomic mass is 10.00. The second-order valence-electron chi connectivity index (χ2n) is 14.9. The summed E-state index contributed by atoms with van der Waals surface area (Å²) in [6.07, 6.45) is 0. The number of para-hydroxylation sites is 3. The molecule has 3 heteroatoms. The zero-order chi connectivity index (χ0) is 37.5. The third-order valence-corrected chi connectivity index (χ3v) is 11.7. The summed E-state index contributed by atoms with van der Waals surface area (Å²) >= 11 is 0. The maximum absolute atomic E-state index is 6.68. The van der Waals surface area contributed by atoms with Gasteiger partial charge in [-0.3, -0.25) is 0 Å². The van der Waals surface area contributed by atoms with E-state index in [0.717, 1.165) is 50.0 Å². The molecule has 12 aromatic rings. The highest BCUT2D eigenvalue weighted by molar-refractivity contribution is 6.17. The van der Waals surface area contributed by atoms with Crippen molar-refractivity contribution in [2.45, 2.75) is 0 Å². The summed E-state index contributed by atoms with van der Waals surface area (Å²) in [4.78, 5) is 0. The van der Waals surface area contributed by atoms with Crippen LogP contribution in [0.2, 0.25) is 0 Å². The number of furan rings is 1. The molecule has 12 rings (SSSR count). The zero-order valence-electron chi connectivity index (χ0n) is 30.9. The fraction of sp³-hybridized carbons (Fsp3) is 0. The molecule has 0 atom stereocenters. The van der Waals surface area contributed by atoms with Crippen LogP contribution in [0.4, 0.5) is 0 Å². The molecule has 0 aliphatic carbocycles. The van der Waals surface area contributed by atoms with Gasteiger partial charge in [-0.15, -0.1) is 0 Å². The van der Waals surface area contributed by atoms with Crippen LogP contribution >= 0.6 is 0 Å². The van der Waals surface area contributed by atoms with Gasteiger partial charge in [-0.2, -0.15) is 0 Å². The van der Waals surface area contributed by atoms with Gasteiger partial charge in [0.2, 0.25) is 0 Å². The Morgan fingerprint density at radius 2 is 0.807 bits per heavy atom. The maximum Gasteiger partial charge on any atom is 0.145 e. The van der Waals surface area contributed by atoms with Gasteiger partial charge in [0.1, 0.15) is 11.2 Å². The van der Waals surface area contributed by atoms with Gasteiger partial charge in [0.05, 0.1) is 33.1 Å². The second kappa shape index (κ2) is 12.5. The summed E-state index contributed by atoms with van der Waals surface area (Å²) in [7, 11) is 0. The molecule has 0 saturated heterocycles. The van der Waals surface area contributed by atoms with E-state index < -0.39 is 0 Å². The molecule has 0 radical (unpaired) electrons. The van der Waals surface area contributed by atoms with Crippen LogP contribution in [0.25, 0.3) is 110 Å². The fourth-order valence-electron chi connectivity index (χ4n) is 9.12. The maximum atomic E-state index is 6.68. The number of hydrogen-bond donors (Lipinski definition) is 0. The minimum atomic E-state index is 0.890. The Bertz CT molecular complexity index is 3490. The normalized spacial score (nSPS) is 11.9. The average Bonchev–Trinajstić information content (AvgIpc) is 3.95. The van der Waals surface area contributed by atoms with Crippen molar-refractivity contribution in [3.8, 4) is 44.8 Å². The largest absolute Gasteiger partial charge is 0.455 e. The molecule has 57 heavy (non-hydrogen) atoms. The lowest BCUT2D eigenvalue weighted by Crippen LogP contribution is -1.95. The monoisotopic (exact) mass is 726 g/mol. The van der Waals surface area contributed by atoms with Crippen molar-refractivity contribution in [1.82, 2.24) is 9.13 Å². The van der Waals surface area contributed by atoms with Crippen molar-refractivity contribution in [3.63, 3.8) is 0 Å². The summed E-state index contributed by atoms with van der Waals surface area (Å²) in [6, 6.07) is 74.3. The van der Waals surface area contributed by atoms with Crippen LogP contribution in [-0.2, 0) is 0 Å². The molecular weight excluding hydrogens is 693 g/mol. The molecule has 0 spiro atoms. The van der Waals surface area contributed by atoms with Crippen LogP contribution < -0.4 is 0 Å². The zero-order valence-corrected chi connectivity index (χ0v) is 30.9. The predicted molar refractivity (Wildman–Crippen MR) is 239 cm³/mol. The number of fused-ring (bicyclic) bond motifs is 9. The van der Waals surface area contributed by atoms with E-state index in [1.165, 1.54) is 60.3 Å². The van der Waals surface area contributed by atoms with Crippen LogP contribution in [0.15, 0.2) is 211 Å². The van der Waals surface area contributed by atoms with Gasteiger partial charge in [0, 0.05) is 38.2 Å². The molecular formula is C54H34N2O. The molecule has 0 saturated carbocycles. The molecule has 0 aliphatic heterocycles. The summed E-state index contributed by atoms with van der Waals surface area (Å²) in [5.74, 6) is 0. The van der Waals surface area contributed by atoms with Gasteiger partial charge in [-0.25, -0.2) is 0 Å². The van der Waals surface area contributed by atoms with Crippen molar-refractivity contribution in [1.29, 1.82) is 0 Å². The summed E-state index contributed by atoms with van der Waals surface area (Å²) in [6.45, 7) is 0. The number of rotatable bonds is 5. The molecule has 3 nitrogen and oxygen atoms in total. The number of benzene rings is 9. The van der Waals surface area contributed by atoms with Crippen molar-refractivity contribution in [2.24, 2.45) is 0 Å². The van der Waals surface area contributed by atoms with Crippen molar-refractivity contribution >= 4 is 65.6 Å². The first-order chi connectivity index (χ1) is 28.3. The lowest BCUT2D eigenvalue weighted by Gasteiger charge is -2.12. The Morgan fingerprint density at radius 3 is 1.47 bits per heavy atom. The topological polar surface area (TPSA) is 23.0 Å². The third kappa shape index (κ3) is 4.86. The molecule has 0 fully saturated rings. The van der Waals surface area contributed by atoms with E-state index >= 15 is 0 Å². The summed E-state index contributed by atoms with van der Waals surface area (Å²) in [5.41, 5.74) is 15.8. The molecule has 0 aliphatic rings. The van der Waals surface area contributed by atoms with Crippen molar-refractivity contribution in [2.75, 3.05) is 0 Å². The van der Waals surface area contributed by atoms with E-state index in [1.54, 1.807) is 0 Å². The SMILES string of the molecule is c1ccc(-c2ccc(-n3c4ccccc4c4cc(-c5ccc6c(c5)c5ccccc5n6-c5ccc(-c6ccccc6)c6oc7ccccc7c56)ccc43)cc2)cc1. The highest BCUT2D eigenvalue weighted by Gasteiger charge is 2.21. The first-order valence-corrected chi connectivity index (χ1v) is 19.5. The standard InChI is InChI=1S/C54H34N2O/c1-3-13-35(14-4-1)36-23-27-40(28-24-36)55-47-20-10-7-17-42(47)45-33-38(25-30-49(45)55)39-26-31-50-46(34-39)43-18-8-11-21-48(43)56(50)51-32-29-41(37-15-5-2-6-16-37)54-53(51)44-19-9-12-22-52(44)57-54/h1-34H. The summed E-state index contributed by atoms with van der Waals surface area (Å²) < 4.78 is 11.5. The van der Waals surface area contributed by atoms with E-state index in [1.807, 2.05) is 6.07 Å². The molecule has 0 amide bonds. The highest BCUT2D eigenvalue weighted by atomic mass is 16.3. The smallest absolute Gasteiger partial charge is 0.145 e. The van der Waals surface area contributed by atoms with Crippen molar-refractivity contribution in [3.05, 3.63) is 206 Å². The fourth-order valence-corrected chi connectivity index (χ4v) is 9.12. The van der Waals surface area contributed by atoms with Crippen LogP contribution in [-0.4, -0.2) is 9.13 Å². The molecule has 0 N–H and O–H groups in total. The minimum absolute atomic E-state index is 0.890. The van der Waals surface area contributed by atoms with Crippen LogP contribution in [0.1, 0.15) is 0 Å². The van der Waals surface area contributed by atoms with Gasteiger partial charge in [0.25, 0.3) is 0 Å². The third-order valence-electron chi connectivity index (χ3n) is 11.7. The molecule has 0 bridgehead atoms. The predicted octanol–water partition coefficient (Wildman–Crippen LogP) is 14.8. The van der Waals surface area contributed by atoms with Gasteiger partial charge in [-0.1, -0.05) is 140 Å². The Labute approximate surface area is 328 Å².